The molecule has 2 N–H and O–H groups in total. The zero-order chi connectivity index (χ0) is 9.90. The van der Waals surface area contributed by atoms with Crippen molar-refractivity contribution in [2.75, 3.05) is 0 Å². The summed E-state index contributed by atoms with van der Waals surface area (Å²) in [6.45, 7) is 3.44. The zero-order valence-electron chi connectivity index (χ0n) is 8.12. The van der Waals surface area contributed by atoms with Crippen molar-refractivity contribution in [3.05, 3.63) is 35.4 Å². The molecule has 0 saturated heterocycles. The second-order valence-electron chi connectivity index (χ2n) is 3.70. The quantitative estimate of drug-likeness (QED) is 0.694. The number of aryl methyl sites for hydroxylation is 2. The Morgan fingerprint density at radius 1 is 1.15 bits per heavy atom. The van der Waals surface area contributed by atoms with E-state index in [1.54, 1.807) is 0 Å². The van der Waals surface area contributed by atoms with Gasteiger partial charge < -0.3 is 10.2 Å². The van der Waals surface area contributed by atoms with Gasteiger partial charge in [-0.15, -0.1) is 0 Å². The molecule has 0 amide bonds. The van der Waals surface area contributed by atoms with Crippen LogP contribution in [-0.2, 0) is 6.42 Å². The molecule has 0 aliphatic heterocycles. The Morgan fingerprint density at radius 2 is 1.69 bits per heavy atom. The first-order valence-electron chi connectivity index (χ1n) is 4.48. The summed E-state index contributed by atoms with van der Waals surface area (Å²) in [4.78, 5) is 0. The lowest BCUT2D eigenvalue weighted by Crippen LogP contribution is -2.23. The van der Waals surface area contributed by atoms with Crippen molar-refractivity contribution in [2.45, 2.75) is 32.5 Å². The monoisotopic (exact) mass is 180 g/mol. The van der Waals surface area contributed by atoms with Gasteiger partial charge in [-0.2, -0.15) is 0 Å². The van der Waals surface area contributed by atoms with Crippen molar-refractivity contribution in [1.82, 2.24) is 0 Å². The van der Waals surface area contributed by atoms with Crippen LogP contribution in [0.1, 0.15) is 24.5 Å². The summed E-state index contributed by atoms with van der Waals surface area (Å²) in [5.41, 5.74) is 2.36. The third kappa shape index (κ3) is 4.06. The first-order chi connectivity index (χ1) is 5.97. The van der Waals surface area contributed by atoms with Crippen molar-refractivity contribution in [3.8, 4) is 0 Å². The van der Waals surface area contributed by atoms with Gasteiger partial charge in [0.1, 0.15) is 0 Å². The maximum absolute atomic E-state index is 9.09. The molecule has 1 aromatic carbocycles. The molecule has 1 rings (SSSR count). The van der Waals surface area contributed by atoms with Crippen molar-refractivity contribution in [2.24, 2.45) is 0 Å². The van der Waals surface area contributed by atoms with Gasteiger partial charge in [0.25, 0.3) is 0 Å². The molecule has 0 fully saturated rings. The maximum atomic E-state index is 9.09. The summed E-state index contributed by atoms with van der Waals surface area (Å²) >= 11 is 0. The molecular formula is C11H16O2. The highest BCUT2D eigenvalue weighted by atomic mass is 16.5. The lowest BCUT2D eigenvalue weighted by atomic mass is 10.0. The third-order valence-electron chi connectivity index (χ3n) is 2.01. The van der Waals surface area contributed by atoms with Crippen LogP contribution in [0.15, 0.2) is 24.3 Å². The molecule has 0 aliphatic carbocycles. The van der Waals surface area contributed by atoms with Gasteiger partial charge in [0.2, 0.25) is 0 Å². The minimum absolute atomic E-state index is 0.371. The molecule has 0 aliphatic rings. The van der Waals surface area contributed by atoms with E-state index in [1.165, 1.54) is 12.5 Å². The Morgan fingerprint density at radius 3 is 2.15 bits per heavy atom. The first kappa shape index (κ1) is 10.2. The van der Waals surface area contributed by atoms with E-state index in [0.29, 0.717) is 12.8 Å². The van der Waals surface area contributed by atoms with Crippen LogP contribution in [0.3, 0.4) is 0 Å². The van der Waals surface area contributed by atoms with Crippen LogP contribution in [0.25, 0.3) is 0 Å². The van der Waals surface area contributed by atoms with Crippen LogP contribution in [-0.4, -0.2) is 16.0 Å². The van der Waals surface area contributed by atoms with Crippen LogP contribution in [0.4, 0.5) is 0 Å². The highest BCUT2D eigenvalue weighted by Crippen LogP contribution is 2.11. The van der Waals surface area contributed by atoms with Gasteiger partial charge in [-0.3, -0.25) is 0 Å². The van der Waals surface area contributed by atoms with E-state index in [2.05, 4.69) is 0 Å². The van der Waals surface area contributed by atoms with Crippen LogP contribution in [0.2, 0.25) is 0 Å². The molecule has 1 aromatic rings. The minimum Gasteiger partial charge on any atom is -0.366 e. The number of rotatable bonds is 3. The highest BCUT2D eigenvalue weighted by Gasteiger charge is 2.13. The van der Waals surface area contributed by atoms with Gasteiger partial charge in [0.05, 0.1) is 0 Å². The summed E-state index contributed by atoms with van der Waals surface area (Å²) in [5.74, 6) is -1.55. The summed E-state index contributed by atoms with van der Waals surface area (Å²) in [7, 11) is 0. The van der Waals surface area contributed by atoms with E-state index in [-0.39, 0.29) is 0 Å². The largest absolute Gasteiger partial charge is 0.366 e. The molecule has 0 heterocycles. The second kappa shape index (κ2) is 3.90. The predicted octanol–water partition coefficient (Wildman–Crippen LogP) is 1.63. The minimum atomic E-state index is -1.55. The topological polar surface area (TPSA) is 40.5 Å². The molecule has 0 unspecified atom stereocenters. The van der Waals surface area contributed by atoms with E-state index in [0.717, 1.165) is 5.56 Å². The van der Waals surface area contributed by atoms with E-state index < -0.39 is 5.79 Å². The number of hydrogen-bond acceptors (Lipinski definition) is 2. The van der Waals surface area contributed by atoms with Gasteiger partial charge in [-0.25, -0.2) is 0 Å². The predicted molar refractivity (Wildman–Crippen MR) is 52.3 cm³/mol. The highest BCUT2D eigenvalue weighted by molar-refractivity contribution is 5.21. The summed E-state index contributed by atoms with van der Waals surface area (Å²) in [5, 5.41) is 18.2. The smallest absolute Gasteiger partial charge is 0.159 e. The number of hydrogen-bond donors (Lipinski definition) is 2. The molecule has 13 heavy (non-hydrogen) atoms. The normalized spacial score (nSPS) is 11.7. The average molecular weight is 180 g/mol. The number of benzene rings is 1. The Hall–Kier alpha value is -0.860. The van der Waals surface area contributed by atoms with Crippen LogP contribution < -0.4 is 0 Å². The summed E-state index contributed by atoms with van der Waals surface area (Å²) in [6, 6.07) is 8.09. The van der Waals surface area contributed by atoms with Crippen molar-refractivity contribution in [1.29, 1.82) is 0 Å². The van der Waals surface area contributed by atoms with Gasteiger partial charge >= 0.3 is 0 Å². The number of aliphatic hydroxyl groups is 2. The standard InChI is InChI=1S/C11H16O2/c1-9-3-5-10(6-4-9)7-8-11(2,12)13/h3-6,12-13H,7-8H2,1-2H3. The van der Waals surface area contributed by atoms with Crippen LogP contribution >= 0.6 is 0 Å². The fourth-order valence-corrected chi connectivity index (χ4v) is 1.14. The lowest BCUT2D eigenvalue weighted by Gasteiger charge is -2.15. The Balaban J connectivity index is 2.51. The van der Waals surface area contributed by atoms with E-state index in [1.807, 2.05) is 31.2 Å². The van der Waals surface area contributed by atoms with Crippen molar-refractivity contribution >= 4 is 0 Å². The molecule has 0 aromatic heterocycles. The van der Waals surface area contributed by atoms with Crippen molar-refractivity contribution in [3.63, 3.8) is 0 Å². The molecule has 72 valence electrons. The average Bonchev–Trinajstić information content (AvgIpc) is 2.02. The van der Waals surface area contributed by atoms with Crippen LogP contribution in [0, 0.1) is 6.92 Å². The molecule has 0 spiro atoms. The Kier molecular flexibility index (Phi) is 3.07. The molecule has 2 heteroatoms. The molecule has 0 radical (unpaired) electrons. The zero-order valence-corrected chi connectivity index (χ0v) is 8.12. The summed E-state index contributed by atoms with van der Waals surface area (Å²) < 4.78 is 0. The van der Waals surface area contributed by atoms with E-state index in [9.17, 15) is 0 Å². The van der Waals surface area contributed by atoms with E-state index in [4.69, 9.17) is 10.2 Å². The van der Waals surface area contributed by atoms with Gasteiger partial charge in [0, 0.05) is 6.42 Å². The second-order valence-corrected chi connectivity index (χ2v) is 3.70. The third-order valence-corrected chi connectivity index (χ3v) is 2.01. The first-order valence-corrected chi connectivity index (χ1v) is 4.48. The fourth-order valence-electron chi connectivity index (χ4n) is 1.14. The van der Waals surface area contributed by atoms with Crippen LogP contribution in [0.5, 0.6) is 0 Å². The lowest BCUT2D eigenvalue weighted by molar-refractivity contribution is -0.148. The van der Waals surface area contributed by atoms with Gasteiger partial charge in [-0.05, 0) is 25.8 Å². The van der Waals surface area contributed by atoms with Crippen molar-refractivity contribution < 1.29 is 10.2 Å². The Bertz CT molecular complexity index is 256. The summed E-state index contributed by atoms with van der Waals surface area (Å²) in [6.07, 6.45) is 1.07. The molecule has 0 atom stereocenters. The van der Waals surface area contributed by atoms with E-state index >= 15 is 0 Å². The Labute approximate surface area is 78.8 Å². The molecule has 0 saturated carbocycles. The SMILES string of the molecule is Cc1ccc(CCC(C)(O)O)cc1. The van der Waals surface area contributed by atoms with Gasteiger partial charge in [0.15, 0.2) is 5.79 Å². The maximum Gasteiger partial charge on any atom is 0.159 e. The molecule has 2 nitrogen and oxygen atoms in total. The fraction of sp³-hybridized carbons (Fsp3) is 0.455. The molecule has 0 bridgehead atoms. The molecular weight excluding hydrogens is 164 g/mol. The van der Waals surface area contributed by atoms with Gasteiger partial charge in [-0.1, -0.05) is 29.8 Å².